The number of aromatic carboxylic acids is 1. The number of hydrogen-bond donors (Lipinski definition) is 1. The summed E-state index contributed by atoms with van der Waals surface area (Å²) < 4.78 is 0. The predicted molar refractivity (Wildman–Crippen MR) is 94.2 cm³/mol. The fourth-order valence-electron chi connectivity index (χ4n) is 2.85. The topological polar surface area (TPSA) is 43.8 Å². The maximum absolute atomic E-state index is 11.2. The van der Waals surface area contributed by atoms with Crippen LogP contribution in [0.5, 0.6) is 0 Å². The molecular formula is C18H20N2O2S. The number of carboxylic acid groups (broad SMARTS) is 1. The van der Waals surface area contributed by atoms with Gasteiger partial charge in [0.05, 0.1) is 5.00 Å². The molecule has 0 bridgehead atoms. The van der Waals surface area contributed by atoms with Gasteiger partial charge in [-0.25, -0.2) is 4.79 Å². The molecule has 1 saturated heterocycles. The number of aryl methyl sites for hydroxylation is 1. The molecular weight excluding hydrogens is 308 g/mol. The van der Waals surface area contributed by atoms with Crippen LogP contribution in [0.25, 0.3) is 0 Å². The van der Waals surface area contributed by atoms with Crippen molar-refractivity contribution in [3.05, 3.63) is 64.8 Å². The smallest absolute Gasteiger partial charge is 0.346 e. The fourth-order valence-corrected chi connectivity index (χ4v) is 3.91. The van der Waals surface area contributed by atoms with E-state index < -0.39 is 5.97 Å². The lowest BCUT2D eigenvalue weighted by molar-refractivity contribution is 0.0701. The van der Waals surface area contributed by atoms with Gasteiger partial charge in [-0.15, -0.1) is 11.3 Å². The highest BCUT2D eigenvalue weighted by Crippen LogP contribution is 2.34. The van der Waals surface area contributed by atoms with Crippen LogP contribution in [0, 0.1) is 6.92 Å². The normalized spacial score (nSPS) is 14.6. The van der Waals surface area contributed by atoms with Crippen LogP contribution in [0.4, 0.5) is 5.00 Å². The largest absolute Gasteiger partial charge is 0.477 e. The highest BCUT2D eigenvalue weighted by Gasteiger charge is 2.26. The zero-order valence-corrected chi connectivity index (χ0v) is 14.0. The van der Waals surface area contributed by atoms with Crippen molar-refractivity contribution in [2.24, 2.45) is 0 Å². The zero-order chi connectivity index (χ0) is 16.4. The van der Waals surface area contributed by atoms with Crippen LogP contribution in [-0.2, 0) is 6.42 Å². The second-order valence-corrected chi connectivity index (χ2v) is 6.72. The zero-order valence-electron chi connectivity index (χ0n) is 13.2. The molecule has 0 atom stereocenters. The number of carbonyl (C=O) groups is 1. The van der Waals surface area contributed by atoms with Crippen molar-refractivity contribution in [1.82, 2.24) is 4.90 Å². The molecule has 1 aliphatic rings. The molecule has 0 aliphatic carbocycles. The molecule has 4 nitrogen and oxygen atoms in total. The molecule has 1 aromatic carbocycles. The first-order valence-corrected chi connectivity index (χ1v) is 8.47. The molecule has 1 aliphatic heterocycles. The third-order valence-corrected chi connectivity index (χ3v) is 5.40. The molecule has 0 saturated carbocycles. The Kier molecular flexibility index (Phi) is 4.39. The van der Waals surface area contributed by atoms with Crippen molar-refractivity contribution in [3.8, 4) is 0 Å². The Bertz CT molecular complexity index is 724. The van der Waals surface area contributed by atoms with Gasteiger partial charge in [-0.2, -0.15) is 0 Å². The molecule has 5 heteroatoms. The monoisotopic (exact) mass is 328 g/mol. The average molecular weight is 328 g/mol. The van der Waals surface area contributed by atoms with Crippen LogP contribution in [0.1, 0.15) is 20.8 Å². The number of nitrogens with zero attached hydrogens (tertiary/aromatic N) is 2. The van der Waals surface area contributed by atoms with E-state index in [0.29, 0.717) is 4.88 Å². The highest BCUT2D eigenvalue weighted by molar-refractivity contribution is 7.18. The number of hydrogen-bond acceptors (Lipinski definition) is 4. The van der Waals surface area contributed by atoms with Gasteiger partial charge in [0.1, 0.15) is 10.7 Å². The second-order valence-electron chi connectivity index (χ2n) is 5.69. The Morgan fingerprint density at radius 3 is 2.70 bits per heavy atom. The highest BCUT2D eigenvalue weighted by atomic mass is 32.1. The van der Waals surface area contributed by atoms with Gasteiger partial charge in [0.25, 0.3) is 0 Å². The van der Waals surface area contributed by atoms with Crippen LogP contribution in [0.15, 0.2) is 48.8 Å². The van der Waals surface area contributed by atoms with Crippen LogP contribution in [0.2, 0.25) is 0 Å². The van der Waals surface area contributed by atoms with Gasteiger partial charge >= 0.3 is 5.97 Å². The van der Waals surface area contributed by atoms with E-state index in [2.05, 4.69) is 40.6 Å². The van der Waals surface area contributed by atoms with Crippen LogP contribution >= 0.6 is 11.3 Å². The van der Waals surface area contributed by atoms with Crippen molar-refractivity contribution >= 4 is 22.3 Å². The molecule has 0 unspecified atom stereocenters. The number of carboxylic acids is 1. The summed E-state index contributed by atoms with van der Waals surface area (Å²) in [4.78, 5) is 16.0. The molecule has 1 N–H and O–H groups in total. The lowest BCUT2D eigenvalue weighted by Gasteiger charge is -2.22. The van der Waals surface area contributed by atoms with Gasteiger partial charge in [0.15, 0.2) is 0 Å². The van der Waals surface area contributed by atoms with E-state index >= 15 is 0 Å². The first-order valence-electron chi connectivity index (χ1n) is 7.65. The molecule has 3 rings (SSSR count). The summed E-state index contributed by atoms with van der Waals surface area (Å²) in [5.41, 5.74) is 2.13. The molecule has 0 amide bonds. The molecule has 1 aromatic heterocycles. The molecule has 1 fully saturated rings. The van der Waals surface area contributed by atoms with Crippen molar-refractivity contribution in [1.29, 1.82) is 0 Å². The number of rotatable bonds is 5. The molecule has 120 valence electrons. The number of benzene rings is 1. The maximum atomic E-state index is 11.2. The molecule has 2 heterocycles. The minimum absolute atomic E-state index is 0.413. The fraction of sp³-hybridized carbons (Fsp3) is 0.278. The van der Waals surface area contributed by atoms with Gasteiger partial charge < -0.3 is 14.9 Å². The predicted octanol–water partition coefficient (Wildman–Crippen LogP) is 3.59. The summed E-state index contributed by atoms with van der Waals surface area (Å²) in [6.45, 7) is 8.74. The van der Waals surface area contributed by atoms with Crippen molar-refractivity contribution in [3.63, 3.8) is 0 Å². The van der Waals surface area contributed by atoms with Gasteiger partial charge in [-0.3, -0.25) is 0 Å². The quantitative estimate of drug-likeness (QED) is 0.911. The summed E-state index contributed by atoms with van der Waals surface area (Å²) in [5.74, 6) is 0.101. The number of anilines is 1. The van der Waals surface area contributed by atoms with Crippen LogP contribution < -0.4 is 4.90 Å². The lowest BCUT2D eigenvalue weighted by atomic mass is 10.1. The Morgan fingerprint density at radius 1 is 1.30 bits per heavy atom. The Hall–Kier alpha value is -2.27. The van der Waals surface area contributed by atoms with Gasteiger partial charge in [0.2, 0.25) is 0 Å². The lowest BCUT2D eigenvalue weighted by Crippen LogP contribution is -2.23. The first kappa shape index (κ1) is 15.6. The van der Waals surface area contributed by atoms with E-state index in [1.54, 1.807) is 0 Å². The average Bonchev–Trinajstić information content (AvgIpc) is 3.09. The van der Waals surface area contributed by atoms with Gasteiger partial charge in [0, 0.05) is 19.6 Å². The Balaban J connectivity index is 1.67. The Labute approximate surface area is 140 Å². The maximum Gasteiger partial charge on any atom is 0.346 e. The summed E-state index contributed by atoms with van der Waals surface area (Å²) >= 11 is 1.32. The van der Waals surface area contributed by atoms with E-state index in [9.17, 15) is 9.90 Å². The molecule has 0 spiro atoms. The van der Waals surface area contributed by atoms with Gasteiger partial charge in [-0.05, 0) is 30.5 Å². The SMILES string of the molecule is C=C1N(CCc2ccccc2)CCN1c1cc(C)c(C(=O)O)s1. The van der Waals surface area contributed by atoms with E-state index in [1.807, 2.05) is 19.1 Å². The molecule has 0 radical (unpaired) electrons. The van der Waals surface area contributed by atoms with E-state index in [0.717, 1.165) is 42.4 Å². The summed E-state index contributed by atoms with van der Waals surface area (Å²) in [6, 6.07) is 12.4. The number of thiophene rings is 1. The third-order valence-electron chi connectivity index (χ3n) is 4.15. The standard InChI is InChI=1S/C18H20N2O2S/c1-13-12-16(23-17(13)18(21)22)20-11-10-19(14(20)2)9-8-15-6-4-3-5-7-15/h3-7,12H,2,8-11H2,1H3,(H,21,22). The minimum Gasteiger partial charge on any atom is -0.477 e. The van der Waals surface area contributed by atoms with E-state index in [1.165, 1.54) is 16.9 Å². The minimum atomic E-state index is -0.857. The van der Waals surface area contributed by atoms with Crippen LogP contribution in [-0.4, -0.2) is 35.6 Å². The van der Waals surface area contributed by atoms with Crippen molar-refractivity contribution < 1.29 is 9.90 Å². The van der Waals surface area contributed by atoms with E-state index in [-0.39, 0.29) is 0 Å². The summed E-state index contributed by atoms with van der Waals surface area (Å²) in [5, 5.41) is 10.2. The molecule has 23 heavy (non-hydrogen) atoms. The van der Waals surface area contributed by atoms with Crippen molar-refractivity contribution in [2.45, 2.75) is 13.3 Å². The van der Waals surface area contributed by atoms with E-state index in [4.69, 9.17) is 0 Å². The first-order chi connectivity index (χ1) is 11.1. The second kappa shape index (κ2) is 6.46. The molecule has 2 aromatic rings. The third kappa shape index (κ3) is 3.24. The van der Waals surface area contributed by atoms with Crippen LogP contribution in [0.3, 0.4) is 0 Å². The van der Waals surface area contributed by atoms with Crippen molar-refractivity contribution in [2.75, 3.05) is 24.5 Å². The van der Waals surface area contributed by atoms with Gasteiger partial charge in [-0.1, -0.05) is 36.9 Å². The summed E-state index contributed by atoms with van der Waals surface area (Å²) in [7, 11) is 0. The summed E-state index contributed by atoms with van der Waals surface area (Å²) in [6.07, 6.45) is 0.984. The Morgan fingerprint density at radius 2 is 2.04 bits per heavy atom.